The Morgan fingerprint density at radius 1 is 1.21 bits per heavy atom. The average Bonchev–Trinajstić information content (AvgIpc) is 3.48. The van der Waals surface area contributed by atoms with E-state index < -0.39 is 0 Å². The Balaban J connectivity index is 1.28. The van der Waals surface area contributed by atoms with Gasteiger partial charge in [0.05, 0.1) is 32.9 Å². The van der Waals surface area contributed by atoms with Crippen LogP contribution in [0.5, 0.6) is 0 Å². The van der Waals surface area contributed by atoms with Crippen LogP contribution in [0.2, 0.25) is 0 Å². The molecule has 2 aliphatic heterocycles. The summed E-state index contributed by atoms with van der Waals surface area (Å²) in [5, 5.41) is 16.3. The van der Waals surface area contributed by atoms with Crippen molar-refractivity contribution in [2.45, 2.75) is 58.5 Å². The van der Waals surface area contributed by atoms with Crippen LogP contribution in [0, 0.1) is 25.2 Å². The number of hydrogen-bond acceptors (Lipinski definition) is 8. The number of nitriles is 1. The number of anilines is 2. The summed E-state index contributed by atoms with van der Waals surface area (Å²) in [5.41, 5.74) is 4.52. The smallest absolute Gasteiger partial charge is 0.255 e. The normalized spacial score (nSPS) is 21.1. The molecule has 2 fully saturated rings. The van der Waals surface area contributed by atoms with Gasteiger partial charge in [-0.25, -0.2) is 15.0 Å². The van der Waals surface area contributed by atoms with Gasteiger partial charge in [-0.2, -0.15) is 5.26 Å². The van der Waals surface area contributed by atoms with E-state index in [-0.39, 0.29) is 18.0 Å². The first-order valence-electron chi connectivity index (χ1n) is 11.0. The molecule has 0 aliphatic carbocycles. The van der Waals surface area contributed by atoms with E-state index in [1.54, 1.807) is 17.5 Å². The van der Waals surface area contributed by atoms with E-state index in [1.807, 2.05) is 43.2 Å². The summed E-state index contributed by atoms with van der Waals surface area (Å²) in [6, 6.07) is 6.29. The van der Waals surface area contributed by atoms with Crippen molar-refractivity contribution in [3.8, 4) is 16.6 Å². The van der Waals surface area contributed by atoms with Gasteiger partial charge in [0.1, 0.15) is 5.82 Å². The maximum absolute atomic E-state index is 13.2. The monoisotopic (exact) mass is 476 g/mol. The summed E-state index contributed by atoms with van der Waals surface area (Å²) < 4.78 is 0. The van der Waals surface area contributed by atoms with Crippen LogP contribution in [-0.2, 0) is 0 Å². The fraction of sp³-hybridized carbons (Fsp3) is 0.375. The zero-order valence-corrected chi connectivity index (χ0v) is 20.4. The molecule has 2 saturated heterocycles. The molecule has 9 heteroatoms. The van der Waals surface area contributed by atoms with Crippen LogP contribution >= 0.6 is 22.7 Å². The second-order valence-corrected chi connectivity index (χ2v) is 10.6. The number of thiazole rings is 2. The van der Waals surface area contributed by atoms with Crippen molar-refractivity contribution in [3.63, 3.8) is 0 Å². The molecule has 2 aliphatic rings. The van der Waals surface area contributed by atoms with E-state index in [2.05, 4.69) is 26.3 Å². The molecule has 5 rings (SSSR count). The van der Waals surface area contributed by atoms with Crippen LogP contribution in [0.1, 0.15) is 53.7 Å². The van der Waals surface area contributed by atoms with Gasteiger partial charge >= 0.3 is 0 Å². The lowest BCUT2D eigenvalue weighted by molar-refractivity contribution is 0.0633. The first kappa shape index (κ1) is 21.7. The molecule has 0 saturated carbocycles. The lowest BCUT2D eigenvalue weighted by Gasteiger charge is -2.36. The molecular weight excluding hydrogens is 452 g/mol. The minimum absolute atomic E-state index is 0.0304. The van der Waals surface area contributed by atoms with Crippen LogP contribution in [0.3, 0.4) is 0 Å². The standard InChI is InChI=1S/C24H24N6OS2/c1-13(10-25)17-8-18-5-6-19(9-17)30(18)23(31)16-4-7-21(26-11-16)29-24-28-20(12-32-24)22-14(2)27-15(3)33-22/h4,7,11-12,18-19H,5-6,8-9H2,1-3H3,(H,26,28,29)/t18-,19+. The Kier molecular flexibility index (Phi) is 5.72. The average molecular weight is 477 g/mol. The summed E-state index contributed by atoms with van der Waals surface area (Å²) in [5.74, 6) is 0.684. The van der Waals surface area contributed by atoms with E-state index >= 15 is 0 Å². The van der Waals surface area contributed by atoms with E-state index in [0.717, 1.165) is 57.7 Å². The van der Waals surface area contributed by atoms with Gasteiger partial charge < -0.3 is 10.2 Å². The number of hydrogen-bond donors (Lipinski definition) is 1. The number of fused-ring (bicyclic) bond motifs is 2. The maximum Gasteiger partial charge on any atom is 0.255 e. The highest BCUT2D eigenvalue weighted by atomic mass is 32.1. The molecule has 2 bridgehead atoms. The Hall–Kier alpha value is -3.09. The lowest BCUT2D eigenvalue weighted by Crippen LogP contribution is -2.44. The largest absolute Gasteiger partial charge is 0.332 e. The van der Waals surface area contributed by atoms with E-state index in [0.29, 0.717) is 11.4 Å². The zero-order valence-electron chi connectivity index (χ0n) is 18.8. The summed E-state index contributed by atoms with van der Waals surface area (Å²) in [7, 11) is 0. The van der Waals surface area contributed by atoms with Gasteiger partial charge in [-0.1, -0.05) is 5.57 Å². The molecule has 2 atom stereocenters. The minimum Gasteiger partial charge on any atom is -0.332 e. The summed E-state index contributed by atoms with van der Waals surface area (Å²) in [4.78, 5) is 30.0. The first-order valence-corrected chi connectivity index (χ1v) is 12.7. The third-order valence-electron chi connectivity index (χ3n) is 6.40. The number of aryl methyl sites for hydroxylation is 2. The van der Waals surface area contributed by atoms with E-state index in [4.69, 9.17) is 0 Å². The van der Waals surface area contributed by atoms with Gasteiger partial charge in [0.2, 0.25) is 0 Å². The summed E-state index contributed by atoms with van der Waals surface area (Å²) >= 11 is 3.16. The van der Waals surface area contributed by atoms with Crippen molar-refractivity contribution in [1.29, 1.82) is 5.26 Å². The number of amides is 1. The number of rotatable bonds is 4. The van der Waals surface area contributed by atoms with Gasteiger partial charge in [0, 0.05) is 29.2 Å². The SMILES string of the molecule is CC(C#N)=C1C[C@H]2CC[C@@H](C1)N2C(=O)c1ccc(Nc2nc(-c3sc(C)nc3C)cs2)nc1. The van der Waals surface area contributed by atoms with Crippen molar-refractivity contribution in [1.82, 2.24) is 19.9 Å². The third kappa shape index (κ3) is 4.16. The third-order valence-corrected chi connectivity index (χ3v) is 8.26. The molecule has 0 aromatic carbocycles. The molecule has 33 heavy (non-hydrogen) atoms. The molecule has 3 aromatic rings. The molecule has 3 aromatic heterocycles. The number of aromatic nitrogens is 3. The molecule has 168 valence electrons. The molecule has 0 unspecified atom stereocenters. The Morgan fingerprint density at radius 3 is 2.58 bits per heavy atom. The Bertz CT molecular complexity index is 1270. The van der Waals surface area contributed by atoms with Gasteiger partial charge in [0.25, 0.3) is 5.91 Å². The molecule has 7 nitrogen and oxygen atoms in total. The molecular formula is C24H24N6OS2. The van der Waals surface area contributed by atoms with Crippen molar-refractivity contribution in [2.75, 3.05) is 5.32 Å². The topological polar surface area (TPSA) is 94.8 Å². The van der Waals surface area contributed by atoms with Gasteiger partial charge in [-0.05, 0) is 58.6 Å². The Labute approximate surface area is 200 Å². The Morgan fingerprint density at radius 2 is 1.97 bits per heavy atom. The molecule has 1 N–H and O–H groups in total. The number of nitrogens with zero attached hydrogens (tertiary/aromatic N) is 5. The fourth-order valence-corrected chi connectivity index (χ4v) is 6.45. The zero-order chi connectivity index (χ0) is 23.1. The van der Waals surface area contributed by atoms with Crippen LogP contribution in [0.4, 0.5) is 10.9 Å². The van der Waals surface area contributed by atoms with E-state index in [9.17, 15) is 10.1 Å². The van der Waals surface area contributed by atoms with Crippen molar-refractivity contribution >= 4 is 39.5 Å². The van der Waals surface area contributed by atoms with E-state index in [1.165, 1.54) is 16.9 Å². The maximum atomic E-state index is 13.2. The predicted molar refractivity (Wildman–Crippen MR) is 131 cm³/mol. The van der Waals surface area contributed by atoms with Crippen LogP contribution in [0.25, 0.3) is 10.6 Å². The first-order chi connectivity index (χ1) is 15.9. The van der Waals surface area contributed by atoms with Crippen molar-refractivity contribution in [3.05, 3.63) is 51.1 Å². The van der Waals surface area contributed by atoms with Crippen LogP contribution in [-0.4, -0.2) is 37.8 Å². The molecule has 5 heterocycles. The second-order valence-electron chi connectivity index (χ2n) is 8.59. The second kappa shape index (κ2) is 8.69. The quantitative estimate of drug-likeness (QED) is 0.491. The fourth-order valence-electron chi connectivity index (χ4n) is 4.79. The number of nitrogens with one attached hydrogen (secondary N) is 1. The lowest BCUT2D eigenvalue weighted by atomic mass is 9.92. The van der Waals surface area contributed by atoms with Crippen LogP contribution < -0.4 is 5.32 Å². The highest BCUT2D eigenvalue weighted by Gasteiger charge is 2.42. The van der Waals surface area contributed by atoms with Gasteiger partial charge in [-0.3, -0.25) is 4.79 Å². The highest BCUT2D eigenvalue weighted by Crippen LogP contribution is 2.40. The van der Waals surface area contributed by atoms with Crippen molar-refractivity contribution < 1.29 is 4.79 Å². The van der Waals surface area contributed by atoms with Crippen LogP contribution in [0.15, 0.2) is 34.9 Å². The number of pyridine rings is 1. The number of carbonyl (C=O) groups is 1. The summed E-state index contributed by atoms with van der Waals surface area (Å²) in [6.07, 6.45) is 5.24. The molecule has 0 spiro atoms. The molecule has 1 amide bonds. The van der Waals surface area contributed by atoms with Gasteiger partial charge in [-0.15, -0.1) is 22.7 Å². The minimum atomic E-state index is 0.0304. The summed E-state index contributed by atoms with van der Waals surface area (Å²) in [6.45, 7) is 5.88. The number of piperidine rings is 1. The number of allylic oxidation sites excluding steroid dienone is 1. The number of carbonyl (C=O) groups excluding carboxylic acids is 1. The van der Waals surface area contributed by atoms with Crippen molar-refractivity contribution in [2.24, 2.45) is 0 Å². The predicted octanol–water partition coefficient (Wildman–Crippen LogP) is 5.63. The highest BCUT2D eigenvalue weighted by molar-refractivity contribution is 7.16. The van der Waals surface area contributed by atoms with Gasteiger partial charge in [0.15, 0.2) is 5.13 Å². The molecule has 0 radical (unpaired) electrons.